The van der Waals surface area contributed by atoms with Crippen molar-refractivity contribution < 1.29 is 27.9 Å². The zero-order valence-electron chi connectivity index (χ0n) is 24.8. The van der Waals surface area contributed by atoms with Crippen LogP contribution in [-0.4, -0.2) is 23.8 Å². The molecular weight excluding hydrogens is 813 g/mol. The van der Waals surface area contributed by atoms with E-state index < -0.39 is 0 Å². The average molecular weight is 865 g/mol. The Morgan fingerprint density at radius 2 is 1.55 bits per heavy atom. The first-order chi connectivity index (χ1) is 17.7. The van der Waals surface area contributed by atoms with E-state index in [4.69, 9.17) is 4.74 Å². The van der Waals surface area contributed by atoms with Crippen LogP contribution in [0.4, 0.5) is 0 Å². The van der Waals surface area contributed by atoms with Crippen LogP contribution in [0.5, 0.6) is 0 Å². The molecule has 5 rings (SSSR count). The fraction of sp³-hybridized carbons (Fsp3) is 0.906. The molecule has 0 saturated heterocycles. The van der Waals surface area contributed by atoms with Gasteiger partial charge in [0, 0.05) is 18.9 Å². The van der Waals surface area contributed by atoms with Gasteiger partial charge in [-0.15, -0.1) is 0 Å². The van der Waals surface area contributed by atoms with Crippen LogP contribution in [0.2, 0.25) is 0 Å². The first-order valence-electron chi connectivity index (χ1n) is 15.0. The van der Waals surface area contributed by atoms with Gasteiger partial charge in [0.05, 0.1) is 0 Å². The van der Waals surface area contributed by atoms with Crippen molar-refractivity contribution >= 4 is 43.2 Å². The van der Waals surface area contributed by atoms with E-state index in [1.165, 1.54) is 63.4 Å². The molecule has 0 spiro atoms. The van der Waals surface area contributed by atoms with Crippen molar-refractivity contribution in [2.45, 2.75) is 119 Å². The number of carbonyl (C=O) groups is 1. The quantitative estimate of drug-likeness (QED) is 0.205. The third-order valence-electron chi connectivity index (χ3n) is 13.8. The van der Waals surface area contributed by atoms with E-state index in [1.54, 1.807) is 6.92 Å². The Kier molecular flexibility index (Phi) is 9.73. The molecule has 10 atom stereocenters. The van der Waals surface area contributed by atoms with Gasteiger partial charge in [0.15, 0.2) is 0 Å². The molecule has 5 aliphatic rings. The molecule has 0 bridgehead atoms. The third kappa shape index (κ3) is 4.81. The summed E-state index contributed by atoms with van der Waals surface area (Å²) in [6.07, 6.45) is 12.2. The van der Waals surface area contributed by atoms with E-state index in [0.29, 0.717) is 59.8 Å². The molecule has 5 saturated carbocycles. The summed E-state index contributed by atoms with van der Waals surface area (Å²) in [5.41, 5.74) is 2.45. The first-order valence-corrected chi connectivity index (χ1v) is 27.6. The van der Waals surface area contributed by atoms with Gasteiger partial charge in [0.25, 0.3) is 0 Å². The molecule has 1 N–H and O–H groups in total. The van der Waals surface area contributed by atoms with Gasteiger partial charge in [-0.25, -0.2) is 0 Å². The van der Waals surface area contributed by atoms with Crippen molar-refractivity contribution in [1.82, 2.24) is 0 Å². The van der Waals surface area contributed by atoms with Crippen LogP contribution in [0.3, 0.4) is 0 Å². The topological polar surface area (TPSA) is 46.5 Å². The molecule has 3 nitrogen and oxygen atoms in total. The summed E-state index contributed by atoms with van der Waals surface area (Å²) in [4.78, 5) is 11.9. The molecule has 7 unspecified atom stereocenters. The molecule has 0 aromatic heterocycles. The van der Waals surface area contributed by atoms with Gasteiger partial charge in [-0.05, 0) is 122 Å². The van der Waals surface area contributed by atoms with E-state index in [9.17, 15) is 9.90 Å². The third-order valence-corrected chi connectivity index (χ3v) is 13.8. The van der Waals surface area contributed by atoms with Crippen LogP contribution in [0.1, 0.15) is 113 Å². The Morgan fingerprint density at radius 3 is 2.13 bits per heavy atom. The number of rotatable bonds is 3. The fourth-order valence-electron chi connectivity index (χ4n) is 11.9. The van der Waals surface area contributed by atoms with Crippen LogP contribution in [0.15, 0.2) is 12.2 Å². The maximum absolute atomic E-state index is 11.9. The van der Waals surface area contributed by atoms with E-state index in [2.05, 4.69) is 85.4 Å². The van der Waals surface area contributed by atoms with Crippen LogP contribution in [0, 0.1) is 56.7 Å². The molecule has 0 aliphatic heterocycles. The Morgan fingerprint density at radius 1 is 0.895 bits per heavy atom. The number of aliphatic hydroxyl groups excluding tert-OH is 1. The monoisotopic (exact) mass is 865 g/mol. The van der Waals surface area contributed by atoms with Crippen molar-refractivity contribution in [2.75, 3.05) is 6.61 Å². The van der Waals surface area contributed by atoms with Crippen LogP contribution < -0.4 is 13.3 Å². The number of carbonyl (C=O) groups excluding carboxylic acids is 1. The number of hydrogen-bond donors (Lipinski definition) is 1. The molecule has 6 heteroatoms. The van der Waals surface area contributed by atoms with E-state index in [1.807, 2.05) is 0 Å². The number of fused-ring (bicyclic) bond motifs is 7. The Hall–Kier alpha value is 1.36. The number of halogens is 3. The van der Waals surface area contributed by atoms with Crippen molar-refractivity contribution in [3.05, 3.63) is 12.2 Å². The minimum atomic E-state index is -0.126. The Labute approximate surface area is 262 Å². The molecule has 0 aromatic rings. The summed E-state index contributed by atoms with van der Waals surface area (Å²) in [6, 6.07) is 0. The van der Waals surface area contributed by atoms with Crippen molar-refractivity contribution in [1.29, 1.82) is 0 Å². The summed E-state index contributed by atoms with van der Waals surface area (Å²) < 4.78 is 5.90. The Balaban J connectivity index is 0.00000107. The van der Waals surface area contributed by atoms with Crippen LogP contribution >= 0.6 is 37.2 Å². The number of esters is 1. The van der Waals surface area contributed by atoms with Gasteiger partial charge in [0.1, 0.15) is 6.10 Å². The second-order valence-corrected chi connectivity index (χ2v) is 31.5. The summed E-state index contributed by atoms with van der Waals surface area (Å²) in [7, 11) is 0. The van der Waals surface area contributed by atoms with Crippen LogP contribution in [0.25, 0.3) is 0 Å². The van der Waals surface area contributed by atoms with Crippen molar-refractivity contribution in [3.8, 4) is 0 Å². The second-order valence-electron chi connectivity index (χ2n) is 15.2. The van der Waals surface area contributed by atoms with Crippen LogP contribution in [-0.2, 0) is 9.53 Å². The molecule has 0 heterocycles. The number of aliphatic hydroxyl groups is 1. The zero-order chi connectivity index (χ0) is 28.3. The molecule has 5 fully saturated rings. The SMILES string of the molecule is C=C(C)C1CCC2(CO)CC[C@]3(C)C(CCC4[C@@]5(C)CCC(OC(C)=O)C(C)(C)C5CC[C@]43C)C12.I[I-]I. The van der Waals surface area contributed by atoms with Gasteiger partial charge >= 0.3 is 56.5 Å². The molecule has 38 heavy (non-hydrogen) atoms. The van der Waals surface area contributed by atoms with Gasteiger partial charge in [-0.1, -0.05) is 46.8 Å². The predicted molar refractivity (Wildman–Crippen MR) is 170 cm³/mol. The van der Waals surface area contributed by atoms with Crippen molar-refractivity contribution in [3.63, 3.8) is 0 Å². The maximum atomic E-state index is 11.9. The number of ether oxygens (including phenoxy) is 1. The molecule has 0 radical (unpaired) electrons. The summed E-state index contributed by atoms with van der Waals surface area (Å²) in [6.45, 7) is 21.3. The van der Waals surface area contributed by atoms with E-state index in [-0.39, 0.29) is 22.9 Å². The molecule has 0 aromatic carbocycles. The minimum absolute atomic E-state index is 0.0207. The van der Waals surface area contributed by atoms with Crippen molar-refractivity contribution in [2.24, 2.45) is 56.7 Å². The summed E-state index contributed by atoms with van der Waals surface area (Å²) in [5.74, 6) is 3.07. The van der Waals surface area contributed by atoms with Gasteiger partial charge in [-0.3, -0.25) is 4.79 Å². The average Bonchev–Trinajstić information content (AvgIpc) is 3.22. The molecule has 220 valence electrons. The predicted octanol–water partition coefficient (Wildman–Crippen LogP) is 6.34. The van der Waals surface area contributed by atoms with Gasteiger partial charge in [-0.2, -0.15) is 0 Å². The Bertz CT molecular complexity index is 922. The second kappa shape index (κ2) is 11.5. The molecule has 5 aliphatic carbocycles. The zero-order valence-corrected chi connectivity index (χ0v) is 31.3. The standard InChI is InChI=1S/C32H52O3.I3/c1-20(2)22-11-16-32(19-33)18-17-30(7)23(27(22)32)9-10-25-29(6)14-13-26(35-21(3)34)28(4,5)24(29)12-15-31(25,30)8;1-3-2/h22-27,33H,1,9-19H2,2-8H3;/q;-1/t22?,23?,24?,25?,26?,27?,29-,30+,31+,32?;/m0./s1. The van der Waals surface area contributed by atoms with E-state index in [0.717, 1.165) is 12.3 Å². The number of allylic oxidation sites excluding steroid dienone is 1. The van der Waals surface area contributed by atoms with Gasteiger partial charge < -0.3 is 9.84 Å². The molecular formula is C32H52I3O3-. The fourth-order valence-corrected chi connectivity index (χ4v) is 11.9. The number of hydrogen-bond acceptors (Lipinski definition) is 3. The molecule has 0 amide bonds. The van der Waals surface area contributed by atoms with E-state index >= 15 is 0 Å². The summed E-state index contributed by atoms with van der Waals surface area (Å²) >= 11 is 5.30. The first kappa shape index (κ1) is 32.3. The normalized spacial score (nSPS) is 48.9. The van der Waals surface area contributed by atoms with Gasteiger partial charge in [0.2, 0.25) is 0 Å². The summed E-state index contributed by atoms with van der Waals surface area (Å²) in [5, 5.41) is 10.7.